The van der Waals surface area contributed by atoms with Gasteiger partial charge >= 0.3 is 5.97 Å². The number of hydrogen-bond donors (Lipinski definition) is 2. The standard InChI is InChI=1S/C24H16N4O4/c1-25-16-12-14(11-15(13-16)24(31)32-2)21-26-22(17-7-3-5-9-19(17)29)28-23(27-21)18-8-4-6-10-20(18)30/h3-13,29-30H,2H3. The van der Waals surface area contributed by atoms with E-state index in [1.165, 1.54) is 37.4 Å². The van der Waals surface area contributed by atoms with Gasteiger partial charge in [-0.3, -0.25) is 0 Å². The van der Waals surface area contributed by atoms with Gasteiger partial charge in [-0.25, -0.2) is 24.6 Å². The van der Waals surface area contributed by atoms with E-state index >= 15 is 0 Å². The zero-order valence-electron chi connectivity index (χ0n) is 16.9. The highest BCUT2D eigenvalue weighted by molar-refractivity contribution is 5.92. The molecule has 8 nitrogen and oxygen atoms in total. The lowest BCUT2D eigenvalue weighted by Gasteiger charge is -2.11. The van der Waals surface area contributed by atoms with Crippen molar-refractivity contribution in [3.63, 3.8) is 0 Å². The first-order valence-corrected chi connectivity index (χ1v) is 9.44. The third-order valence-electron chi connectivity index (χ3n) is 4.65. The summed E-state index contributed by atoms with van der Waals surface area (Å²) in [5, 5.41) is 20.6. The van der Waals surface area contributed by atoms with Crippen molar-refractivity contribution in [3.05, 3.63) is 83.7 Å². The van der Waals surface area contributed by atoms with E-state index in [0.29, 0.717) is 16.7 Å². The molecule has 0 spiro atoms. The maximum Gasteiger partial charge on any atom is 0.336 e. The number of esters is 1. The van der Waals surface area contributed by atoms with Crippen LogP contribution in [0.4, 0.5) is 5.69 Å². The third kappa shape index (κ3) is 3.95. The largest absolute Gasteiger partial charge is 0.507 e. The summed E-state index contributed by atoms with van der Waals surface area (Å²) in [6, 6.07) is 17.6. The molecule has 0 fully saturated rings. The summed E-state index contributed by atoms with van der Waals surface area (Å²) in [4.78, 5) is 28.9. The van der Waals surface area contributed by atoms with Crippen molar-refractivity contribution in [2.75, 3.05) is 7.11 Å². The number of para-hydroxylation sites is 2. The predicted molar refractivity (Wildman–Crippen MR) is 117 cm³/mol. The lowest BCUT2D eigenvalue weighted by atomic mass is 10.1. The molecule has 4 rings (SSSR count). The predicted octanol–water partition coefficient (Wildman–Crippen LogP) is 4.62. The van der Waals surface area contributed by atoms with Crippen molar-refractivity contribution in [3.8, 4) is 45.7 Å². The normalized spacial score (nSPS) is 10.4. The number of carbonyl (C=O) groups is 1. The zero-order chi connectivity index (χ0) is 22.7. The van der Waals surface area contributed by atoms with Gasteiger partial charge in [0, 0.05) is 11.1 Å². The third-order valence-corrected chi connectivity index (χ3v) is 4.65. The average molecular weight is 424 g/mol. The molecule has 8 heteroatoms. The number of phenolic OH excluding ortho intramolecular Hbond substituents is 2. The Bertz CT molecular complexity index is 1320. The lowest BCUT2D eigenvalue weighted by molar-refractivity contribution is 0.0601. The minimum absolute atomic E-state index is 0.0296. The second kappa shape index (κ2) is 8.53. The van der Waals surface area contributed by atoms with Crippen LogP contribution < -0.4 is 0 Å². The number of ether oxygens (including phenoxy) is 1. The van der Waals surface area contributed by atoms with Gasteiger partial charge in [0.15, 0.2) is 23.2 Å². The summed E-state index contributed by atoms with van der Waals surface area (Å²) in [5.41, 5.74) is 1.49. The summed E-state index contributed by atoms with van der Waals surface area (Å²) < 4.78 is 4.78. The topological polar surface area (TPSA) is 110 Å². The maximum absolute atomic E-state index is 12.1. The second-order valence-electron chi connectivity index (χ2n) is 6.71. The van der Waals surface area contributed by atoms with Crippen LogP contribution in [0, 0.1) is 6.57 Å². The van der Waals surface area contributed by atoms with E-state index in [9.17, 15) is 15.0 Å². The van der Waals surface area contributed by atoms with Gasteiger partial charge in [0.05, 0.1) is 24.8 Å². The highest BCUT2D eigenvalue weighted by Crippen LogP contribution is 2.33. The zero-order valence-corrected chi connectivity index (χ0v) is 16.9. The van der Waals surface area contributed by atoms with Crippen LogP contribution >= 0.6 is 0 Å². The van der Waals surface area contributed by atoms with Crippen molar-refractivity contribution in [1.29, 1.82) is 0 Å². The van der Waals surface area contributed by atoms with Gasteiger partial charge in [0.1, 0.15) is 11.5 Å². The minimum atomic E-state index is -0.604. The molecule has 0 unspecified atom stereocenters. The molecule has 4 aromatic rings. The monoisotopic (exact) mass is 424 g/mol. The van der Waals surface area contributed by atoms with Gasteiger partial charge in [-0.2, -0.15) is 0 Å². The quantitative estimate of drug-likeness (QED) is 0.363. The summed E-state index contributed by atoms with van der Waals surface area (Å²) >= 11 is 0. The Hall–Kier alpha value is -4.77. The van der Waals surface area contributed by atoms with Crippen molar-refractivity contribution in [2.45, 2.75) is 0 Å². The van der Waals surface area contributed by atoms with Crippen molar-refractivity contribution >= 4 is 11.7 Å². The lowest BCUT2D eigenvalue weighted by Crippen LogP contribution is -2.03. The molecular formula is C24H16N4O4. The van der Waals surface area contributed by atoms with Crippen molar-refractivity contribution < 1.29 is 19.7 Å². The Morgan fingerprint density at radius 1 is 0.844 bits per heavy atom. The molecule has 0 saturated heterocycles. The maximum atomic E-state index is 12.1. The van der Waals surface area contributed by atoms with Gasteiger partial charge in [0.2, 0.25) is 0 Å². The second-order valence-corrected chi connectivity index (χ2v) is 6.71. The fourth-order valence-corrected chi connectivity index (χ4v) is 3.11. The summed E-state index contributed by atoms with van der Waals surface area (Å²) in [6.07, 6.45) is 0. The first-order chi connectivity index (χ1) is 15.5. The number of carbonyl (C=O) groups excluding carboxylic acids is 1. The van der Waals surface area contributed by atoms with Gasteiger partial charge in [0.25, 0.3) is 0 Å². The number of rotatable bonds is 4. The number of methoxy groups -OCH3 is 1. The van der Waals surface area contributed by atoms with E-state index in [-0.39, 0.29) is 40.2 Å². The van der Waals surface area contributed by atoms with Crippen LogP contribution in [0.2, 0.25) is 0 Å². The number of benzene rings is 3. The van der Waals surface area contributed by atoms with Crippen molar-refractivity contribution in [2.24, 2.45) is 0 Å². The number of aromatic nitrogens is 3. The summed E-state index contributed by atoms with van der Waals surface area (Å²) in [7, 11) is 1.25. The van der Waals surface area contributed by atoms with Crippen LogP contribution in [0.1, 0.15) is 10.4 Å². The van der Waals surface area contributed by atoms with Gasteiger partial charge < -0.3 is 14.9 Å². The number of aromatic hydroxyl groups is 2. The summed E-state index contributed by atoms with van der Waals surface area (Å²) in [6.45, 7) is 7.36. The molecule has 0 aliphatic rings. The number of hydrogen-bond acceptors (Lipinski definition) is 7. The van der Waals surface area contributed by atoms with Crippen LogP contribution in [-0.2, 0) is 4.74 Å². The smallest absolute Gasteiger partial charge is 0.336 e. The fraction of sp³-hybridized carbons (Fsp3) is 0.0417. The average Bonchev–Trinajstić information content (AvgIpc) is 2.83. The molecule has 2 N–H and O–H groups in total. The molecule has 32 heavy (non-hydrogen) atoms. The number of phenols is 2. The molecule has 0 aliphatic carbocycles. The van der Waals surface area contributed by atoms with E-state index in [1.807, 2.05) is 0 Å². The molecule has 0 amide bonds. The molecule has 1 heterocycles. The molecule has 0 radical (unpaired) electrons. The first kappa shape index (κ1) is 20.5. The van der Waals surface area contributed by atoms with Crippen LogP contribution in [0.5, 0.6) is 11.5 Å². The van der Waals surface area contributed by atoms with E-state index in [4.69, 9.17) is 11.3 Å². The molecule has 0 aliphatic heterocycles. The Balaban J connectivity index is 1.99. The Morgan fingerprint density at radius 2 is 1.38 bits per heavy atom. The molecular weight excluding hydrogens is 408 g/mol. The minimum Gasteiger partial charge on any atom is -0.507 e. The Labute approximate surface area is 183 Å². The van der Waals surface area contributed by atoms with Gasteiger partial charge in [-0.15, -0.1) is 0 Å². The molecule has 3 aromatic carbocycles. The highest BCUT2D eigenvalue weighted by atomic mass is 16.5. The summed E-state index contributed by atoms with van der Waals surface area (Å²) in [5.74, 6) is -0.172. The molecule has 1 aromatic heterocycles. The Morgan fingerprint density at radius 3 is 1.88 bits per heavy atom. The van der Waals surface area contributed by atoms with Crippen LogP contribution in [-0.4, -0.2) is 38.2 Å². The molecule has 0 bridgehead atoms. The van der Waals surface area contributed by atoms with Crippen molar-refractivity contribution in [1.82, 2.24) is 15.0 Å². The fourth-order valence-electron chi connectivity index (χ4n) is 3.11. The van der Waals surface area contributed by atoms with Crippen LogP contribution in [0.15, 0.2) is 66.7 Å². The van der Waals surface area contributed by atoms with E-state index in [2.05, 4.69) is 19.8 Å². The van der Waals surface area contributed by atoms with Gasteiger partial charge in [-0.05, 0) is 42.5 Å². The highest BCUT2D eigenvalue weighted by Gasteiger charge is 2.18. The number of nitrogens with zero attached hydrogens (tertiary/aromatic N) is 4. The molecule has 0 atom stereocenters. The SMILES string of the molecule is [C-]#[N+]c1cc(C(=O)OC)cc(-c2nc(-c3ccccc3O)nc(-c3ccccc3O)n2)c1. The first-order valence-electron chi connectivity index (χ1n) is 9.44. The van der Waals surface area contributed by atoms with E-state index < -0.39 is 5.97 Å². The van der Waals surface area contributed by atoms with E-state index in [0.717, 1.165) is 0 Å². The molecule has 0 saturated carbocycles. The van der Waals surface area contributed by atoms with Crippen LogP contribution in [0.3, 0.4) is 0 Å². The van der Waals surface area contributed by atoms with Gasteiger partial charge in [-0.1, -0.05) is 24.3 Å². The molecule has 156 valence electrons. The van der Waals surface area contributed by atoms with Crippen LogP contribution in [0.25, 0.3) is 39.0 Å². The Kier molecular flexibility index (Phi) is 5.47. The van der Waals surface area contributed by atoms with E-state index in [1.54, 1.807) is 36.4 Å².